The molecule has 1 saturated heterocycles. The Bertz CT molecular complexity index is 787. The van der Waals surface area contributed by atoms with Crippen LogP contribution in [-0.4, -0.2) is 34.5 Å². The maximum absolute atomic E-state index is 12.6. The Morgan fingerprint density at radius 3 is 2.84 bits per heavy atom. The summed E-state index contributed by atoms with van der Waals surface area (Å²) in [6.45, 7) is 1.53. The Morgan fingerprint density at radius 2 is 1.96 bits per heavy atom. The average molecular weight is 334 g/mol. The second-order valence-electron chi connectivity index (χ2n) is 6.80. The van der Waals surface area contributed by atoms with E-state index in [1.165, 1.54) is 0 Å². The molecule has 1 fully saturated rings. The van der Waals surface area contributed by atoms with E-state index >= 15 is 0 Å². The molecule has 25 heavy (non-hydrogen) atoms. The smallest absolute Gasteiger partial charge is 0.226 e. The Hall–Kier alpha value is -2.62. The number of carbonyl (C=O) groups excluding carboxylic acids is 1. The van der Waals surface area contributed by atoms with Crippen LogP contribution < -0.4 is 4.74 Å². The van der Waals surface area contributed by atoms with Gasteiger partial charge in [0.2, 0.25) is 5.91 Å². The molecule has 0 aliphatic carbocycles. The van der Waals surface area contributed by atoms with Crippen LogP contribution in [0.4, 0.5) is 0 Å². The molecule has 0 unspecified atom stereocenters. The van der Waals surface area contributed by atoms with Crippen LogP contribution in [0.15, 0.2) is 54.9 Å². The fourth-order valence-electron chi connectivity index (χ4n) is 3.64. The summed E-state index contributed by atoms with van der Waals surface area (Å²) in [4.78, 5) is 18.6. The summed E-state index contributed by atoms with van der Waals surface area (Å²) in [5, 5.41) is 0. The number of ether oxygens (including phenoxy) is 1. The number of hydrogen-bond acceptors (Lipinski definition) is 3. The number of aromatic nitrogens is 1. The first-order chi connectivity index (χ1) is 12.2. The molecule has 1 amide bonds. The van der Waals surface area contributed by atoms with Crippen LogP contribution in [0.2, 0.25) is 0 Å². The van der Waals surface area contributed by atoms with Gasteiger partial charge >= 0.3 is 0 Å². The second-order valence-corrected chi connectivity index (χ2v) is 6.80. The van der Waals surface area contributed by atoms with Gasteiger partial charge in [-0.05, 0) is 42.7 Å². The van der Waals surface area contributed by atoms with Crippen molar-refractivity contribution in [2.24, 2.45) is 0 Å². The van der Waals surface area contributed by atoms with E-state index in [-0.39, 0.29) is 11.5 Å². The van der Waals surface area contributed by atoms with E-state index in [1.807, 2.05) is 35.2 Å². The Kier molecular flexibility index (Phi) is 4.26. The van der Waals surface area contributed by atoms with Crippen molar-refractivity contribution in [1.82, 2.24) is 9.88 Å². The van der Waals surface area contributed by atoms with E-state index in [0.29, 0.717) is 6.42 Å². The average Bonchev–Trinajstić information content (AvgIpc) is 2.85. The third-order valence-electron chi connectivity index (χ3n) is 5.09. The highest BCUT2D eigenvalue weighted by Crippen LogP contribution is 2.36. The lowest BCUT2D eigenvalue weighted by Gasteiger charge is -2.34. The Labute approximate surface area is 148 Å². The molecule has 3 heterocycles. The summed E-state index contributed by atoms with van der Waals surface area (Å²) in [5.41, 5.74) is 1.87. The summed E-state index contributed by atoms with van der Waals surface area (Å²) in [6.07, 6.45) is 11.0. The van der Waals surface area contributed by atoms with E-state index in [1.54, 1.807) is 12.4 Å². The van der Waals surface area contributed by atoms with Gasteiger partial charge in [0.15, 0.2) is 0 Å². The first kappa shape index (κ1) is 15.9. The highest BCUT2D eigenvalue weighted by molar-refractivity contribution is 5.78. The third kappa shape index (κ3) is 3.43. The summed E-state index contributed by atoms with van der Waals surface area (Å²) in [5.74, 6) is 1.13. The minimum Gasteiger partial charge on any atom is -0.483 e. The van der Waals surface area contributed by atoms with E-state index in [0.717, 1.165) is 49.2 Å². The van der Waals surface area contributed by atoms with Crippen molar-refractivity contribution >= 4 is 12.0 Å². The number of benzene rings is 1. The number of amides is 1. The molecular weight excluding hydrogens is 312 g/mol. The van der Waals surface area contributed by atoms with E-state index < -0.39 is 0 Å². The van der Waals surface area contributed by atoms with Crippen molar-refractivity contribution in [1.29, 1.82) is 0 Å². The zero-order valence-electron chi connectivity index (χ0n) is 14.2. The van der Waals surface area contributed by atoms with Gasteiger partial charge in [0, 0.05) is 37.5 Å². The van der Waals surface area contributed by atoms with Crippen LogP contribution in [0, 0.1) is 0 Å². The SMILES string of the molecule is O=C(Cc1ccncc1)N1CCC[C@]2(C=Cc3ccccc3O2)CC1. The van der Waals surface area contributed by atoms with Gasteiger partial charge in [0.1, 0.15) is 11.4 Å². The fourth-order valence-corrected chi connectivity index (χ4v) is 3.64. The molecule has 2 aromatic rings. The molecule has 1 aromatic carbocycles. The molecule has 2 aliphatic heterocycles. The number of pyridine rings is 1. The zero-order chi connectivity index (χ0) is 17.1. The van der Waals surface area contributed by atoms with Gasteiger partial charge in [-0.3, -0.25) is 9.78 Å². The van der Waals surface area contributed by atoms with E-state index in [9.17, 15) is 4.79 Å². The lowest BCUT2D eigenvalue weighted by molar-refractivity contribution is -0.130. The predicted molar refractivity (Wildman–Crippen MR) is 97.2 cm³/mol. The molecule has 0 saturated carbocycles. The van der Waals surface area contributed by atoms with Crippen molar-refractivity contribution < 1.29 is 9.53 Å². The molecule has 1 aromatic heterocycles. The molecule has 1 atom stereocenters. The van der Waals surface area contributed by atoms with Gasteiger partial charge in [-0.25, -0.2) is 0 Å². The number of carbonyl (C=O) groups is 1. The number of rotatable bonds is 2. The Balaban J connectivity index is 1.43. The summed E-state index contributed by atoms with van der Waals surface area (Å²) in [6, 6.07) is 11.9. The van der Waals surface area contributed by atoms with Crippen molar-refractivity contribution in [3.8, 4) is 5.75 Å². The largest absolute Gasteiger partial charge is 0.483 e. The minimum atomic E-state index is -0.278. The van der Waals surface area contributed by atoms with Crippen molar-refractivity contribution in [2.45, 2.75) is 31.3 Å². The van der Waals surface area contributed by atoms with Crippen LogP contribution in [0.25, 0.3) is 6.08 Å². The fraction of sp³-hybridized carbons (Fsp3) is 0.333. The number of para-hydroxylation sites is 1. The molecule has 0 radical (unpaired) electrons. The highest BCUT2D eigenvalue weighted by atomic mass is 16.5. The van der Waals surface area contributed by atoms with Gasteiger partial charge in [-0.2, -0.15) is 0 Å². The molecule has 4 heteroatoms. The Morgan fingerprint density at radius 1 is 1.12 bits per heavy atom. The molecule has 1 spiro atoms. The molecular formula is C21H22N2O2. The topological polar surface area (TPSA) is 42.4 Å². The van der Waals surface area contributed by atoms with Crippen LogP contribution in [-0.2, 0) is 11.2 Å². The first-order valence-corrected chi connectivity index (χ1v) is 8.88. The predicted octanol–water partition coefficient (Wildman–Crippen LogP) is 3.48. The molecule has 0 N–H and O–H groups in total. The van der Waals surface area contributed by atoms with Gasteiger partial charge in [0.05, 0.1) is 6.42 Å². The summed E-state index contributed by atoms with van der Waals surface area (Å²) >= 11 is 0. The lowest BCUT2D eigenvalue weighted by Crippen LogP contribution is -2.38. The minimum absolute atomic E-state index is 0.184. The van der Waals surface area contributed by atoms with E-state index in [2.05, 4.69) is 23.2 Å². The van der Waals surface area contributed by atoms with Crippen LogP contribution in [0.5, 0.6) is 5.75 Å². The third-order valence-corrected chi connectivity index (χ3v) is 5.09. The van der Waals surface area contributed by atoms with Crippen molar-refractivity contribution in [3.63, 3.8) is 0 Å². The highest BCUT2D eigenvalue weighted by Gasteiger charge is 2.35. The normalized spacial score (nSPS) is 22.2. The zero-order valence-corrected chi connectivity index (χ0v) is 14.2. The van der Waals surface area contributed by atoms with Crippen molar-refractivity contribution in [2.75, 3.05) is 13.1 Å². The van der Waals surface area contributed by atoms with Gasteiger partial charge in [0.25, 0.3) is 0 Å². The lowest BCUT2D eigenvalue weighted by atomic mass is 9.91. The maximum atomic E-state index is 12.6. The monoisotopic (exact) mass is 334 g/mol. The number of nitrogens with zero attached hydrogens (tertiary/aromatic N) is 2. The number of hydrogen-bond donors (Lipinski definition) is 0. The number of likely N-dealkylation sites (tertiary alicyclic amines) is 1. The van der Waals surface area contributed by atoms with Crippen LogP contribution in [0.1, 0.15) is 30.4 Å². The van der Waals surface area contributed by atoms with E-state index in [4.69, 9.17) is 4.74 Å². The molecule has 128 valence electrons. The summed E-state index contributed by atoms with van der Waals surface area (Å²) in [7, 11) is 0. The van der Waals surface area contributed by atoms with Crippen molar-refractivity contribution in [3.05, 3.63) is 66.0 Å². The quantitative estimate of drug-likeness (QED) is 0.844. The maximum Gasteiger partial charge on any atom is 0.226 e. The molecule has 0 bridgehead atoms. The van der Waals surface area contributed by atoms with Crippen LogP contribution >= 0.6 is 0 Å². The van der Waals surface area contributed by atoms with Crippen LogP contribution in [0.3, 0.4) is 0 Å². The molecule has 2 aliphatic rings. The first-order valence-electron chi connectivity index (χ1n) is 8.88. The van der Waals surface area contributed by atoms with Gasteiger partial charge in [-0.1, -0.05) is 24.3 Å². The molecule has 4 rings (SSSR count). The number of fused-ring (bicyclic) bond motifs is 1. The second kappa shape index (κ2) is 6.71. The van der Waals surface area contributed by atoms with Gasteiger partial charge in [-0.15, -0.1) is 0 Å². The standard InChI is InChI=1S/C21H22N2O2/c24-20(16-17-7-12-22-13-8-17)23-14-3-9-21(11-15-23)10-6-18-4-1-2-5-19(18)25-21/h1-2,4-8,10,12-13H,3,9,11,14-16H2/t21-/m0/s1. The molecule has 4 nitrogen and oxygen atoms in total. The van der Waals surface area contributed by atoms with Gasteiger partial charge < -0.3 is 9.64 Å². The summed E-state index contributed by atoms with van der Waals surface area (Å²) < 4.78 is 6.35.